The largest absolute Gasteiger partial charge is 0.449 e. The maximum atomic E-state index is 13.0. The van der Waals surface area contributed by atoms with Crippen molar-refractivity contribution in [2.45, 2.75) is 51.7 Å². The summed E-state index contributed by atoms with van der Waals surface area (Å²) < 4.78 is 7.21. The number of rotatable bonds is 4. The Labute approximate surface area is 202 Å². The summed E-state index contributed by atoms with van der Waals surface area (Å²) in [6.07, 6.45) is 3.92. The molecule has 35 heavy (non-hydrogen) atoms. The van der Waals surface area contributed by atoms with Crippen molar-refractivity contribution in [3.63, 3.8) is 0 Å². The van der Waals surface area contributed by atoms with Crippen molar-refractivity contribution in [2.75, 3.05) is 5.32 Å². The smallest absolute Gasteiger partial charge is 0.338 e. The lowest BCUT2D eigenvalue weighted by Crippen LogP contribution is -2.30. The number of carbonyl (C=O) groups excluding carboxylic acids is 2. The zero-order chi connectivity index (χ0) is 24.4. The number of amides is 1. The number of carbonyl (C=O) groups is 2. The minimum atomic E-state index is -1.01. The number of nitrogens with zero attached hydrogens (tertiary/aromatic N) is 2. The number of ether oxygens (including phenoxy) is 1. The third-order valence-corrected chi connectivity index (χ3v) is 6.50. The van der Waals surface area contributed by atoms with Gasteiger partial charge in [0.1, 0.15) is 5.82 Å². The highest BCUT2D eigenvalue weighted by atomic mass is 16.5. The molecule has 7 nitrogen and oxygen atoms in total. The molecule has 1 unspecified atom stereocenters. The first-order chi connectivity index (χ1) is 17.0. The lowest BCUT2D eigenvalue weighted by molar-refractivity contribution is -0.123. The number of hydrogen-bond acceptors (Lipinski definition) is 5. The van der Waals surface area contributed by atoms with Crippen LogP contribution in [0.3, 0.4) is 0 Å². The molecule has 1 atom stereocenters. The Kier molecular flexibility index (Phi) is 6.31. The maximum Gasteiger partial charge on any atom is 0.338 e. The van der Waals surface area contributed by atoms with Gasteiger partial charge < -0.3 is 10.1 Å². The summed E-state index contributed by atoms with van der Waals surface area (Å²) in [6.45, 7) is 2.21. The first-order valence-electron chi connectivity index (χ1n) is 12.0. The van der Waals surface area contributed by atoms with E-state index >= 15 is 0 Å². The van der Waals surface area contributed by atoms with Crippen molar-refractivity contribution >= 4 is 39.2 Å². The zero-order valence-electron chi connectivity index (χ0n) is 19.6. The molecule has 0 saturated carbocycles. The second-order valence-corrected chi connectivity index (χ2v) is 8.94. The van der Waals surface area contributed by atoms with Crippen molar-refractivity contribution < 1.29 is 14.3 Å². The molecule has 178 valence electrons. The number of aryl methyl sites for hydroxylation is 1. The van der Waals surface area contributed by atoms with E-state index in [-0.39, 0.29) is 11.1 Å². The predicted molar refractivity (Wildman–Crippen MR) is 136 cm³/mol. The first-order valence-corrected chi connectivity index (χ1v) is 12.0. The number of anilines is 1. The molecule has 1 N–H and O–H groups in total. The van der Waals surface area contributed by atoms with Gasteiger partial charge in [0.15, 0.2) is 6.10 Å². The molecule has 0 bridgehead atoms. The summed E-state index contributed by atoms with van der Waals surface area (Å²) >= 11 is 0. The fourth-order valence-corrected chi connectivity index (χ4v) is 4.57. The van der Waals surface area contributed by atoms with Crippen LogP contribution in [0.4, 0.5) is 5.69 Å². The second kappa shape index (κ2) is 9.70. The quantitative estimate of drug-likeness (QED) is 0.432. The number of nitrogens with one attached hydrogen (secondary N) is 1. The number of esters is 1. The van der Waals surface area contributed by atoms with Gasteiger partial charge in [-0.2, -0.15) is 0 Å². The molecular formula is C28H27N3O4. The average Bonchev–Trinajstić information content (AvgIpc) is 2.85. The molecule has 0 spiro atoms. The van der Waals surface area contributed by atoms with E-state index in [1.54, 1.807) is 22.8 Å². The molecule has 7 heteroatoms. The Bertz CT molecular complexity index is 1490. The summed E-state index contributed by atoms with van der Waals surface area (Å²) in [5.41, 5.74) is 1.31. The van der Waals surface area contributed by atoms with Crippen LogP contribution in [0.1, 0.15) is 48.8 Å². The van der Waals surface area contributed by atoms with Gasteiger partial charge in [-0.05, 0) is 49.4 Å². The summed E-state index contributed by atoms with van der Waals surface area (Å²) in [6, 6.07) is 18.1. The summed E-state index contributed by atoms with van der Waals surface area (Å²) in [5.74, 6) is -0.301. The van der Waals surface area contributed by atoms with Crippen LogP contribution in [0.2, 0.25) is 0 Å². The lowest BCUT2D eigenvalue weighted by atomic mass is 10.1. The number of benzene rings is 3. The molecule has 0 fully saturated rings. The predicted octanol–water partition coefficient (Wildman–Crippen LogP) is 4.85. The maximum absolute atomic E-state index is 13.0. The monoisotopic (exact) mass is 469 g/mol. The van der Waals surface area contributed by atoms with Crippen LogP contribution in [0, 0.1) is 0 Å². The van der Waals surface area contributed by atoms with Crippen molar-refractivity contribution in [2.24, 2.45) is 0 Å². The average molecular weight is 470 g/mol. The molecule has 2 heterocycles. The molecule has 0 aliphatic carbocycles. The van der Waals surface area contributed by atoms with Crippen LogP contribution in [0.15, 0.2) is 65.5 Å². The van der Waals surface area contributed by atoms with E-state index in [4.69, 9.17) is 9.72 Å². The van der Waals surface area contributed by atoms with Gasteiger partial charge in [-0.1, -0.05) is 49.2 Å². The third-order valence-electron chi connectivity index (χ3n) is 6.50. The molecule has 1 aliphatic heterocycles. The molecule has 3 aromatic carbocycles. The molecule has 4 aromatic rings. The van der Waals surface area contributed by atoms with E-state index in [0.29, 0.717) is 23.1 Å². The van der Waals surface area contributed by atoms with Crippen LogP contribution < -0.4 is 10.9 Å². The Morgan fingerprint density at radius 2 is 1.77 bits per heavy atom. The topological polar surface area (TPSA) is 90.3 Å². The molecule has 0 radical (unpaired) electrons. The SMILES string of the molecule is CC(OC(=O)c1ccc2c(=O)n3c(nc2c1)CCCCCC3)C(=O)Nc1cccc2ccccc12. The fourth-order valence-electron chi connectivity index (χ4n) is 4.57. The minimum Gasteiger partial charge on any atom is -0.449 e. The highest BCUT2D eigenvalue weighted by Gasteiger charge is 2.21. The van der Waals surface area contributed by atoms with Crippen molar-refractivity contribution in [3.05, 3.63) is 82.4 Å². The van der Waals surface area contributed by atoms with Gasteiger partial charge in [0.25, 0.3) is 11.5 Å². The minimum absolute atomic E-state index is 0.0744. The standard InChI is InChI=1S/C28H27N3O4/c1-18(26(32)30-23-12-8-10-19-9-5-6-11-21(19)23)35-28(34)20-14-15-22-24(17-20)29-25-13-4-2-3-7-16-31(25)27(22)33/h5-6,8-12,14-15,17-18H,2-4,7,13,16H2,1H3,(H,30,32). The Morgan fingerprint density at radius 1 is 0.971 bits per heavy atom. The fraction of sp³-hybridized carbons (Fsp3) is 0.286. The van der Waals surface area contributed by atoms with Crippen molar-refractivity contribution in [3.8, 4) is 0 Å². The van der Waals surface area contributed by atoms with E-state index in [1.165, 1.54) is 6.92 Å². The summed E-state index contributed by atoms with van der Waals surface area (Å²) in [5, 5.41) is 5.24. The summed E-state index contributed by atoms with van der Waals surface area (Å²) in [4.78, 5) is 43.3. The van der Waals surface area contributed by atoms with Crippen molar-refractivity contribution in [1.82, 2.24) is 9.55 Å². The number of hydrogen-bond donors (Lipinski definition) is 1. The highest BCUT2D eigenvalue weighted by Crippen LogP contribution is 2.23. The van der Waals surface area contributed by atoms with E-state index < -0.39 is 18.0 Å². The van der Waals surface area contributed by atoms with Gasteiger partial charge in [-0.3, -0.25) is 14.2 Å². The van der Waals surface area contributed by atoms with Crippen LogP contribution >= 0.6 is 0 Å². The van der Waals surface area contributed by atoms with E-state index in [9.17, 15) is 14.4 Å². The molecule has 5 rings (SSSR count). The Balaban J connectivity index is 1.34. The van der Waals surface area contributed by atoms with Crippen LogP contribution in [0.25, 0.3) is 21.7 Å². The van der Waals surface area contributed by atoms with Gasteiger partial charge in [0.2, 0.25) is 0 Å². The summed E-state index contributed by atoms with van der Waals surface area (Å²) in [7, 11) is 0. The van der Waals surface area contributed by atoms with Gasteiger partial charge in [-0.25, -0.2) is 9.78 Å². The molecule has 1 amide bonds. The zero-order valence-corrected chi connectivity index (χ0v) is 19.6. The second-order valence-electron chi connectivity index (χ2n) is 8.94. The Morgan fingerprint density at radius 3 is 2.66 bits per heavy atom. The first kappa shape index (κ1) is 22.8. The molecule has 1 aliphatic rings. The van der Waals surface area contributed by atoms with E-state index in [1.807, 2.05) is 42.5 Å². The highest BCUT2D eigenvalue weighted by molar-refractivity contribution is 6.04. The van der Waals surface area contributed by atoms with Crippen LogP contribution in [0.5, 0.6) is 0 Å². The van der Waals surface area contributed by atoms with E-state index in [2.05, 4.69) is 5.32 Å². The van der Waals surface area contributed by atoms with Crippen LogP contribution in [-0.2, 0) is 22.5 Å². The Hall–Kier alpha value is -4.00. The van der Waals surface area contributed by atoms with Crippen LogP contribution in [-0.4, -0.2) is 27.5 Å². The van der Waals surface area contributed by atoms with Crippen molar-refractivity contribution in [1.29, 1.82) is 0 Å². The number of fused-ring (bicyclic) bond motifs is 3. The third kappa shape index (κ3) is 4.67. The van der Waals surface area contributed by atoms with Gasteiger partial charge in [-0.15, -0.1) is 0 Å². The molecule has 0 saturated heterocycles. The molecule has 1 aromatic heterocycles. The van der Waals surface area contributed by atoms with Gasteiger partial charge >= 0.3 is 5.97 Å². The van der Waals surface area contributed by atoms with Gasteiger partial charge in [0.05, 0.1) is 16.5 Å². The van der Waals surface area contributed by atoms with E-state index in [0.717, 1.165) is 48.7 Å². The molecular weight excluding hydrogens is 442 g/mol. The number of aromatic nitrogens is 2. The normalized spacial score (nSPS) is 14.5. The lowest BCUT2D eigenvalue weighted by Gasteiger charge is -2.17. The van der Waals surface area contributed by atoms with Gasteiger partial charge in [0, 0.05) is 24.0 Å².